The number of nitrogens with zero attached hydrogens (tertiary/aromatic N) is 2. The molecule has 0 saturated heterocycles. The van der Waals surface area contributed by atoms with Gasteiger partial charge in [-0.3, -0.25) is 9.89 Å². The van der Waals surface area contributed by atoms with Crippen molar-refractivity contribution >= 4 is 12.1 Å². The van der Waals surface area contributed by atoms with Gasteiger partial charge in [0.2, 0.25) is 0 Å². The highest BCUT2D eigenvalue weighted by molar-refractivity contribution is 5.94. The lowest BCUT2D eigenvalue weighted by molar-refractivity contribution is 0.0950. The number of nitrogens with one attached hydrogen (secondary N) is 2. The van der Waals surface area contributed by atoms with Crippen LogP contribution in [0.15, 0.2) is 59.7 Å². The number of ether oxygens (including phenoxy) is 1. The monoisotopic (exact) mass is 390 g/mol. The summed E-state index contributed by atoms with van der Waals surface area (Å²) in [5, 5.41) is 11.0. The van der Waals surface area contributed by atoms with E-state index in [4.69, 9.17) is 4.74 Å². The molecule has 3 aromatic rings. The van der Waals surface area contributed by atoms with E-state index in [1.54, 1.807) is 12.3 Å². The molecule has 0 bridgehead atoms. The number of benzene rings is 2. The minimum Gasteiger partial charge on any atom is -0.494 e. The molecule has 0 saturated carbocycles. The Hall–Kier alpha value is -3.41. The summed E-state index contributed by atoms with van der Waals surface area (Å²) in [6.07, 6.45) is 2.58. The second-order valence-corrected chi connectivity index (χ2v) is 7.06. The van der Waals surface area contributed by atoms with Crippen molar-refractivity contribution in [1.29, 1.82) is 0 Å². The maximum atomic E-state index is 12.3. The summed E-state index contributed by atoms with van der Waals surface area (Å²) < 4.78 is 5.58. The van der Waals surface area contributed by atoms with Gasteiger partial charge in [0.25, 0.3) is 5.91 Å². The van der Waals surface area contributed by atoms with Gasteiger partial charge in [0.1, 0.15) is 11.4 Å². The molecular weight excluding hydrogens is 364 g/mol. The van der Waals surface area contributed by atoms with Crippen LogP contribution in [0.25, 0.3) is 11.3 Å². The summed E-state index contributed by atoms with van der Waals surface area (Å²) >= 11 is 0. The van der Waals surface area contributed by atoms with Gasteiger partial charge in [-0.05, 0) is 53.8 Å². The lowest BCUT2D eigenvalue weighted by atomic mass is 10.0. The summed E-state index contributed by atoms with van der Waals surface area (Å²) in [5.74, 6) is 0.955. The Morgan fingerprint density at radius 1 is 1.17 bits per heavy atom. The van der Waals surface area contributed by atoms with Crippen LogP contribution in [0, 0.1) is 0 Å². The predicted octanol–water partition coefficient (Wildman–Crippen LogP) is 4.75. The van der Waals surface area contributed by atoms with Gasteiger partial charge in [0.15, 0.2) is 0 Å². The van der Waals surface area contributed by atoms with Gasteiger partial charge >= 0.3 is 0 Å². The molecule has 6 heteroatoms. The Kier molecular flexibility index (Phi) is 6.79. The van der Waals surface area contributed by atoms with Crippen molar-refractivity contribution in [1.82, 2.24) is 15.6 Å². The fraction of sp³-hybridized carbons (Fsp3) is 0.261. The predicted molar refractivity (Wildman–Crippen MR) is 115 cm³/mol. The molecule has 0 fully saturated rings. The van der Waals surface area contributed by atoms with Gasteiger partial charge in [-0.2, -0.15) is 10.2 Å². The topological polar surface area (TPSA) is 79.4 Å². The van der Waals surface area contributed by atoms with Crippen molar-refractivity contribution in [3.05, 3.63) is 71.4 Å². The molecule has 2 N–H and O–H groups in total. The average Bonchev–Trinajstić information content (AvgIpc) is 3.23. The zero-order chi connectivity index (χ0) is 20.6. The van der Waals surface area contributed by atoms with Gasteiger partial charge in [-0.25, -0.2) is 5.43 Å². The number of rotatable bonds is 8. The molecule has 1 heterocycles. The third kappa shape index (κ3) is 5.54. The Morgan fingerprint density at radius 2 is 1.90 bits per heavy atom. The van der Waals surface area contributed by atoms with E-state index >= 15 is 0 Å². The first-order valence-electron chi connectivity index (χ1n) is 9.79. The highest BCUT2D eigenvalue weighted by atomic mass is 16.5. The van der Waals surface area contributed by atoms with Crippen LogP contribution in [-0.2, 0) is 0 Å². The normalized spacial score (nSPS) is 11.2. The minimum atomic E-state index is -0.346. The van der Waals surface area contributed by atoms with E-state index in [9.17, 15) is 4.79 Å². The van der Waals surface area contributed by atoms with Crippen molar-refractivity contribution in [2.24, 2.45) is 5.10 Å². The molecule has 0 aliphatic rings. The highest BCUT2D eigenvalue weighted by Gasteiger charge is 2.10. The maximum Gasteiger partial charge on any atom is 0.289 e. The van der Waals surface area contributed by atoms with Crippen LogP contribution in [0.1, 0.15) is 54.7 Å². The van der Waals surface area contributed by atoms with E-state index in [1.807, 2.05) is 36.4 Å². The van der Waals surface area contributed by atoms with Gasteiger partial charge in [-0.1, -0.05) is 45.0 Å². The van der Waals surface area contributed by atoms with Crippen LogP contribution < -0.4 is 10.2 Å². The van der Waals surface area contributed by atoms with Crippen LogP contribution in [0.5, 0.6) is 5.75 Å². The van der Waals surface area contributed by atoms with Crippen molar-refractivity contribution < 1.29 is 9.53 Å². The molecule has 0 spiro atoms. The van der Waals surface area contributed by atoms with Crippen LogP contribution in [0.4, 0.5) is 0 Å². The molecule has 0 atom stereocenters. The van der Waals surface area contributed by atoms with Crippen molar-refractivity contribution in [3.63, 3.8) is 0 Å². The Morgan fingerprint density at radius 3 is 2.55 bits per heavy atom. The summed E-state index contributed by atoms with van der Waals surface area (Å²) in [7, 11) is 0. The fourth-order valence-corrected chi connectivity index (χ4v) is 2.72. The molecule has 29 heavy (non-hydrogen) atoms. The summed E-state index contributed by atoms with van der Waals surface area (Å²) in [5.41, 5.74) is 6.64. The number of H-pyrrole nitrogens is 1. The van der Waals surface area contributed by atoms with Gasteiger partial charge in [-0.15, -0.1) is 0 Å². The van der Waals surface area contributed by atoms with Crippen LogP contribution >= 0.6 is 0 Å². The number of hydrazone groups is 1. The van der Waals surface area contributed by atoms with E-state index in [-0.39, 0.29) is 5.91 Å². The molecular formula is C23H26N4O2. The second kappa shape index (κ2) is 9.68. The second-order valence-electron chi connectivity index (χ2n) is 7.06. The zero-order valence-electron chi connectivity index (χ0n) is 17.0. The molecule has 150 valence electrons. The standard InChI is InChI=1S/C23H26N4O2/c1-4-13-29-20-11-9-19(10-12-20)21-14-22(26-25-21)23(28)27-24-15-17-5-7-18(8-6-17)16(2)3/h5-12,14-16H,4,13H2,1-3H3,(H,25,26)(H,27,28)/b24-15-. The SMILES string of the molecule is CCCOc1ccc(-c2cc(C(=O)N/N=C\c3ccc(C(C)C)cc3)[nH]n2)cc1. The zero-order valence-corrected chi connectivity index (χ0v) is 17.0. The van der Waals surface area contributed by atoms with Crippen molar-refractivity contribution in [2.75, 3.05) is 6.61 Å². The quantitative estimate of drug-likeness (QED) is 0.430. The van der Waals surface area contributed by atoms with E-state index in [1.165, 1.54) is 5.56 Å². The van der Waals surface area contributed by atoms with Crippen molar-refractivity contribution in [3.8, 4) is 17.0 Å². The van der Waals surface area contributed by atoms with E-state index < -0.39 is 0 Å². The van der Waals surface area contributed by atoms with Crippen molar-refractivity contribution in [2.45, 2.75) is 33.1 Å². The lowest BCUT2D eigenvalue weighted by Crippen LogP contribution is -2.18. The van der Waals surface area contributed by atoms with E-state index in [0.29, 0.717) is 23.9 Å². The molecule has 3 rings (SSSR count). The van der Waals surface area contributed by atoms with E-state index in [0.717, 1.165) is 23.3 Å². The lowest BCUT2D eigenvalue weighted by Gasteiger charge is -2.04. The van der Waals surface area contributed by atoms with Crippen LogP contribution in [0.3, 0.4) is 0 Å². The number of aromatic amines is 1. The molecule has 6 nitrogen and oxygen atoms in total. The maximum absolute atomic E-state index is 12.3. The van der Waals surface area contributed by atoms with Crippen LogP contribution in [-0.4, -0.2) is 28.9 Å². The third-order valence-electron chi connectivity index (χ3n) is 4.43. The number of carbonyl (C=O) groups is 1. The minimum absolute atomic E-state index is 0.346. The first kappa shape index (κ1) is 20.3. The van der Waals surface area contributed by atoms with Gasteiger partial charge in [0.05, 0.1) is 18.5 Å². The summed E-state index contributed by atoms with van der Waals surface area (Å²) in [6, 6.07) is 17.4. The molecule has 0 unspecified atom stereocenters. The van der Waals surface area contributed by atoms with E-state index in [2.05, 4.69) is 53.6 Å². The Bertz CT molecular complexity index is 957. The average molecular weight is 390 g/mol. The first-order valence-corrected chi connectivity index (χ1v) is 9.79. The number of carbonyl (C=O) groups excluding carboxylic acids is 1. The highest BCUT2D eigenvalue weighted by Crippen LogP contribution is 2.21. The summed E-state index contributed by atoms with van der Waals surface area (Å²) in [6.45, 7) is 7.05. The molecule has 2 aromatic carbocycles. The Balaban J connectivity index is 1.58. The van der Waals surface area contributed by atoms with Crippen LogP contribution in [0.2, 0.25) is 0 Å². The number of hydrogen-bond acceptors (Lipinski definition) is 4. The number of aromatic nitrogens is 2. The first-order chi connectivity index (χ1) is 14.1. The smallest absolute Gasteiger partial charge is 0.289 e. The van der Waals surface area contributed by atoms with Gasteiger partial charge < -0.3 is 4.74 Å². The summed E-state index contributed by atoms with van der Waals surface area (Å²) in [4.78, 5) is 12.3. The molecule has 1 aromatic heterocycles. The largest absolute Gasteiger partial charge is 0.494 e. The molecule has 0 radical (unpaired) electrons. The molecule has 0 aliphatic heterocycles. The fourth-order valence-electron chi connectivity index (χ4n) is 2.72. The number of hydrogen-bond donors (Lipinski definition) is 2. The third-order valence-corrected chi connectivity index (χ3v) is 4.43. The molecule has 0 aliphatic carbocycles. The van der Waals surface area contributed by atoms with Gasteiger partial charge in [0, 0.05) is 5.56 Å². The number of amides is 1. The molecule has 1 amide bonds. The Labute approximate surface area is 171 Å².